The molecule has 19 heavy (non-hydrogen) atoms. The first-order chi connectivity index (χ1) is 9.18. The van der Waals surface area contributed by atoms with E-state index < -0.39 is 5.97 Å². The van der Waals surface area contributed by atoms with Crippen molar-refractivity contribution >= 4 is 11.8 Å². The molecule has 104 valence electrons. The molecule has 6 nitrogen and oxygen atoms in total. The molecular formula is C13H20N4O2. The first kappa shape index (κ1) is 13.7. The summed E-state index contributed by atoms with van der Waals surface area (Å²) in [7, 11) is 2.12. The Morgan fingerprint density at radius 2 is 2.26 bits per heavy atom. The molecule has 0 spiro atoms. The van der Waals surface area contributed by atoms with Gasteiger partial charge in [0.2, 0.25) is 0 Å². The van der Waals surface area contributed by atoms with Crippen molar-refractivity contribution in [3.63, 3.8) is 0 Å². The normalized spacial score (nSPS) is 15.9. The minimum atomic E-state index is -0.985. The number of nitrogens with zero attached hydrogens (tertiary/aromatic N) is 3. The summed E-state index contributed by atoms with van der Waals surface area (Å²) in [5.41, 5.74) is 0.165. The Bertz CT molecular complexity index is 432. The summed E-state index contributed by atoms with van der Waals surface area (Å²) in [6.45, 7) is 1.55. The second kappa shape index (κ2) is 6.47. The monoisotopic (exact) mass is 264 g/mol. The molecule has 0 saturated heterocycles. The molecular weight excluding hydrogens is 244 g/mol. The Kier molecular flexibility index (Phi) is 4.68. The molecule has 1 saturated carbocycles. The van der Waals surface area contributed by atoms with Crippen LogP contribution in [0.5, 0.6) is 0 Å². The van der Waals surface area contributed by atoms with Crippen LogP contribution in [-0.4, -0.2) is 52.4 Å². The number of carboxylic acids is 1. The van der Waals surface area contributed by atoms with Crippen LogP contribution in [0.3, 0.4) is 0 Å². The minimum absolute atomic E-state index is 0.165. The number of carboxylic acid groups (broad SMARTS) is 1. The lowest BCUT2D eigenvalue weighted by Crippen LogP contribution is -2.33. The van der Waals surface area contributed by atoms with Gasteiger partial charge in [0.15, 0.2) is 5.82 Å². The number of hydrogen-bond acceptors (Lipinski definition) is 5. The predicted octanol–water partition coefficient (Wildman–Crippen LogP) is 1.46. The number of nitrogens with one attached hydrogen (secondary N) is 1. The quantitative estimate of drug-likeness (QED) is 0.810. The number of likely N-dealkylation sites (N-methyl/N-ethyl adjacent to an activating group) is 1. The molecule has 0 aliphatic heterocycles. The van der Waals surface area contributed by atoms with Crippen LogP contribution in [0, 0.1) is 0 Å². The number of aromatic carboxylic acids is 1. The third-order valence-electron chi connectivity index (χ3n) is 3.66. The SMILES string of the molecule is CN(CCNc1nnccc1C(=O)O)C1CCCC1. The van der Waals surface area contributed by atoms with Crippen LogP contribution in [-0.2, 0) is 0 Å². The minimum Gasteiger partial charge on any atom is -0.478 e. The number of hydrogen-bond donors (Lipinski definition) is 2. The fourth-order valence-electron chi connectivity index (χ4n) is 2.51. The van der Waals surface area contributed by atoms with Crippen molar-refractivity contribution in [1.29, 1.82) is 0 Å². The highest BCUT2D eigenvalue weighted by Crippen LogP contribution is 2.22. The lowest BCUT2D eigenvalue weighted by atomic mass is 10.2. The highest BCUT2D eigenvalue weighted by molar-refractivity contribution is 5.92. The molecule has 0 unspecified atom stereocenters. The van der Waals surface area contributed by atoms with Gasteiger partial charge < -0.3 is 15.3 Å². The van der Waals surface area contributed by atoms with Crippen LogP contribution in [0.1, 0.15) is 36.0 Å². The van der Waals surface area contributed by atoms with E-state index in [0.717, 1.165) is 6.54 Å². The Balaban J connectivity index is 1.83. The molecule has 0 radical (unpaired) electrons. The zero-order valence-corrected chi connectivity index (χ0v) is 11.2. The van der Waals surface area contributed by atoms with Gasteiger partial charge in [-0.05, 0) is 26.0 Å². The second-order valence-corrected chi connectivity index (χ2v) is 4.94. The van der Waals surface area contributed by atoms with Gasteiger partial charge in [-0.1, -0.05) is 12.8 Å². The van der Waals surface area contributed by atoms with Gasteiger partial charge in [0.1, 0.15) is 5.56 Å². The third-order valence-corrected chi connectivity index (χ3v) is 3.66. The van der Waals surface area contributed by atoms with Crippen LogP contribution in [0.4, 0.5) is 5.82 Å². The van der Waals surface area contributed by atoms with Gasteiger partial charge in [0.05, 0.1) is 6.20 Å². The van der Waals surface area contributed by atoms with Crippen LogP contribution in [0.2, 0.25) is 0 Å². The van der Waals surface area contributed by atoms with E-state index in [1.165, 1.54) is 37.9 Å². The number of anilines is 1. The van der Waals surface area contributed by atoms with Crippen molar-refractivity contribution in [2.45, 2.75) is 31.7 Å². The lowest BCUT2D eigenvalue weighted by Gasteiger charge is -2.24. The average molecular weight is 264 g/mol. The highest BCUT2D eigenvalue weighted by Gasteiger charge is 2.19. The van der Waals surface area contributed by atoms with Gasteiger partial charge in [-0.2, -0.15) is 5.10 Å². The fraction of sp³-hybridized carbons (Fsp3) is 0.615. The van der Waals surface area contributed by atoms with E-state index in [4.69, 9.17) is 5.11 Å². The molecule has 2 rings (SSSR count). The Morgan fingerprint density at radius 1 is 1.53 bits per heavy atom. The third kappa shape index (κ3) is 3.64. The van der Waals surface area contributed by atoms with Gasteiger partial charge in [-0.15, -0.1) is 5.10 Å². The molecule has 1 aromatic heterocycles. The van der Waals surface area contributed by atoms with Gasteiger partial charge in [0.25, 0.3) is 0 Å². The molecule has 0 amide bonds. The highest BCUT2D eigenvalue weighted by atomic mass is 16.4. The maximum atomic E-state index is 11.0. The van der Waals surface area contributed by atoms with Crippen molar-refractivity contribution < 1.29 is 9.90 Å². The summed E-state index contributed by atoms with van der Waals surface area (Å²) in [6, 6.07) is 2.13. The van der Waals surface area contributed by atoms with Crippen molar-refractivity contribution in [2.75, 3.05) is 25.5 Å². The molecule has 0 aromatic carbocycles. The largest absolute Gasteiger partial charge is 0.478 e. The van der Waals surface area contributed by atoms with Crippen LogP contribution >= 0.6 is 0 Å². The molecule has 6 heteroatoms. The Morgan fingerprint density at radius 3 is 2.95 bits per heavy atom. The maximum absolute atomic E-state index is 11.0. The zero-order valence-electron chi connectivity index (χ0n) is 11.2. The van der Waals surface area contributed by atoms with Crippen LogP contribution in [0.15, 0.2) is 12.3 Å². The number of carbonyl (C=O) groups is 1. The van der Waals surface area contributed by atoms with E-state index in [2.05, 4.69) is 27.5 Å². The van der Waals surface area contributed by atoms with Crippen LogP contribution < -0.4 is 5.32 Å². The van der Waals surface area contributed by atoms with Crippen molar-refractivity contribution in [3.8, 4) is 0 Å². The average Bonchev–Trinajstić information content (AvgIpc) is 2.93. The maximum Gasteiger partial charge on any atom is 0.339 e. The number of rotatable bonds is 6. The van der Waals surface area contributed by atoms with Crippen LogP contribution in [0.25, 0.3) is 0 Å². The fourth-order valence-corrected chi connectivity index (χ4v) is 2.51. The Hall–Kier alpha value is -1.69. The molecule has 1 aliphatic rings. The lowest BCUT2D eigenvalue weighted by molar-refractivity contribution is 0.0697. The molecule has 1 aromatic rings. The topological polar surface area (TPSA) is 78.3 Å². The molecule has 2 N–H and O–H groups in total. The van der Waals surface area contributed by atoms with E-state index in [9.17, 15) is 4.79 Å². The smallest absolute Gasteiger partial charge is 0.339 e. The van der Waals surface area contributed by atoms with E-state index in [1.807, 2.05) is 0 Å². The second-order valence-electron chi connectivity index (χ2n) is 4.94. The summed E-state index contributed by atoms with van der Waals surface area (Å²) in [6.07, 6.45) is 6.55. The summed E-state index contributed by atoms with van der Waals surface area (Å²) in [5.74, 6) is -0.642. The van der Waals surface area contributed by atoms with Gasteiger partial charge in [-0.25, -0.2) is 4.79 Å². The first-order valence-electron chi connectivity index (χ1n) is 6.67. The predicted molar refractivity (Wildman–Crippen MR) is 72.4 cm³/mol. The summed E-state index contributed by atoms with van der Waals surface area (Å²) in [4.78, 5) is 13.3. The van der Waals surface area contributed by atoms with Crippen molar-refractivity contribution in [2.24, 2.45) is 0 Å². The van der Waals surface area contributed by atoms with Crippen molar-refractivity contribution in [3.05, 3.63) is 17.8 Å². The zero-order chi connectivity index (χ0) is 13.7. The molecule has 0 bridgehead atoms. The molecule has 1 fully saturated rings. The summed E-state index contributed by atoms with van der Waals surface area (Å²) < 4.78 is 0. The van der Waals surface area contributed by atoms with Gasteiger partial charge in [-0.3, -0.25) is 0 Å². The van der Waals surface area contributed by atoms with E-state index >= 15 is 0 Å². The van der Waals surface area contributed by atoms with Crippen molar-refractivity contribution in [1.82, 2.24) is 15.1 Å². The summed E-state index contributed by atoms with van der Waals surface area (Å²) in [5, 5.41) is 19.6. The van der Waals surface area contributed by atoms with E-state index in [-0.39, 0.29) is 5.56 Å². The van der Waals surface area contributed by atoms with E-state index in [1.54, 1.807) is 0 Å². The molecule has 1 heterocycles. The van der Waals surface area contributed by atoms with E-state index in [0.29, 0.717) is 18.4 Å². The Labute approximate surface area is 112 Å². The molecule has 1 aliphatic carbocycles. The first-order valence-corrected chi connectivity index (χ1v) is 6.67. The standard InChI is InChI=1S/C13H20N4O2/c1-17(10-4-2-3-5-10)9-8-14-12-11(13(18)19)6-7-15-16-12/h6-7,10H,2-5,8-9H2,1H3,(H,14,16)(H,18,19). The summed E-state index contributed by atoms with van der Waals surface area (Å²) >= 11 is 0. The number of aromatic nitrogens is 2. The molecule has 0 atom stereocenters. The van der Waals surface area contributed by atoms with Gasteiger partial charge in [0, 0.05) is 19.1 Å². The van der Waals surface area contributed by atoms with Gasteiger partial charge >= 0.3 is 5.97 Å².